The van der Waals surface area contributed by atoms with Crippen molar-refractivity contribution in [2.24, 2.45) is 5.92 Å². The number of pyridine rings is 2. The van der Waals surface area contributed by atoms with Crippen molar-refractivity contribution in [2.75, 3.05) is 11.4 Å². The minimum Gasteiger partial charge on any atom is -0.474 e. The third kappa shape index (κ3) is 4.34. The molecule has 32 heavy (non-hydrogen) atoms. The van der Waals surface area contributed by atoms with Crippen molar-refractivity contribution in [3.63, 3.8) is 0 Å². The number of anilines is 1. The topological polar surface area (TPSA) is 101 Å². The molecule has 0 spiro atoms. The first-order valence-corrected chi connectivity index (χ1v) is 12.3. The molecule has 2 aliphatic rings. The lowest BCUT2D eigenvalue weighted by Crippen LogP contribution is -2.43. The molecule has 1 amide bonds. The summed E-state index contributed by atoms with van der Waals surface area (Å²) >= 11 is 0. The average molecular weight is 457 g/mol. The first kappa shape index (κ1) is 22.3. The monoisotopic (exact) mass is 456 g/mol. The summed E-state index contributed by atoms with van der Waals surface area (Å²) in [5.74, 6) is 0.361. The molecule has 1 unspecified atom stereocenters. The van der Waals surface area contributed by atoms with Crippen LogP contribution in [-0.4, -0.2) is 42.5 Å². The maximum absolute atomic E-state index is 13.0. The van der Waals surface area contributed by atoms with E-state index in [1.54, 1.807) is 30.5 Å². The number of amides is 1. The van der Waals surface area contributed by atoms with Gasteiger partial charge in [0.25, 0.3) is 15.9 Å². The minimum atomic E-state index is -4.20. The fourth-order valence-electron chi connectivity index (χ4n) is 4.10. The lowest BCUT2D eigenvalue weighted by molar-refractivity contribution is 0.0981. The largest absolute Gasteiger partial charge is 0.474 e. The third-order valence-corrected chi connectivity index (χ3v) is 7.66. The molecule has 1 fully saturated rings. The molecule has 8 nitrogen and oxygen atoms in total. The van der Waals surface area contributed by atoms with Crippen LogP contribution >= 0.6 is 0 Å². The lowest BCUT2D eigenvalue weighted by Gasteiger charge is -2.36. The van der Waals surface area contributed by atoms with E-state index in [4.69, 9.17) is 4.74 Å². The average Bonchev–Trinajstić information content (AvgIpc) is 3.35. The van der Waals surface area contributed by atoms with Gasteiger partial charge in [-0.15, -0.1) is 0 Å². The summed E-state index contributed by atoms with van der Waals surface area (Å²) in [6, 6.07) is 7.71. The molecule has 2 aromatic rings. The molecule has 0 saturated carbocycles. The van der Waals surface area contributed by atoms with E-state index in [0.29, 0.717) is 11.7 Å². The highest BCUT2D eigenvalue weighted by Gasteiger charge is 2.40. The minimum absolute atomic E-state index is 0.0563. The fraction of sp³-hybridized carbons (Fsp3) is 0.435. The van der Waals surface area contributed by atoms with Crippen LogP contribution in [0.25, 0.3) is 0 Å². The highest BCUT2D eigenvalue weighted by atomic mass is 32.2. The van der Waals surface area contributed by atoms with Gasteiger partial charge in [0.15, 0.2) is 5.03 Å². The van der Waals surface area contributed by atoms with E-state index in [0.717, 1.165) is 25.8 Å². The van der Waals surface area contributed by atoms with Gasteiger partial charge in [0.2, 0.25) is 5.88 Å². The Bertz CT molecular complexity index is 1140. The van der Waals surface area contributed by atoms with Crippen molar-refractivity contribution >= 4 is 21.7 Å². The molecule has 1 aliphatic heterocycles. The number of nitrogens with zero attached hydrogens (tertiary/aromatic N) is 3. The van der Waals surface area contributed by atoms with Crippen LogP contribution in [0.3, 0.4) is 0 Å². The number of aromatic nitrogens is 2. The van der Waals surface area contributed by atoms with Crippen LogP contribution in [0, 0.1) is 5.92 Å². The number of nitrogens with one attached hydrogen (secondary N) is 1. The molecule has 9 heteroatoms. The van der Waals surface area contributed by atoms with Gasteiger partial charge in [-0.05, 0) is 44.4 Å². The van der Waals surface area contributed by atoms with Gasteiger partial charge in [-0.25, -0.2) is 9.71 Å². The van der Waals surface area contributed by atoms with E-state index in [-0.39, 0.29) is 28.1 Å². The molecule has 1 atom stereocenters. The molecule has 0 aromatic carbocycles. The van der Waals surface area contributed by atoms with Gasteiger partial charge in [0, 0.05) is 37.2 Å². The molecule has 170 valence electrons. The lowest BCUT2D eigenvalue weighted by atomic mass is 9.90. The van der Waals surface area contributed by atoms with Crippen LogP contribution in [0.2, 0.25) is 0 Å². The van der Waals surface area contributed by atoms with Crippen LogP contribution in [0.1, 0.15) is 50.4 Å². The Kier molecular flexibility index (Phi) is 5.94. The SMILES string of the molecule is CC1CCN(c2ncccc2C(=O)NS(=O)(=O)c2cccc(OC3CC=CC3)n2)C1(C)C. The van der Waals surface area contributed by atoms with E-state index in [2.05, 4.69) is 40.4 Å². The maximum atomic E-state index is 13.0. The Morgan fingerprint density at radius 3 is 2.62 bits per heavy atom. The van der Waals surface area contributed by atoms with Crippen molar-refractivity contribution in [3.8, 4) is 5.88 Å². The van der Waals surface area contributed by atoms with Crippen molar-refractivity contribution in [2.45, 2.75) is 56.7 Å². The third-order valence-electron chi connectivity index (χ3n) is 6.43. The molecule has 1 N–H and O–H groups in total. The Hall–Kier alpha value is -2.94. The van der Waals surface area contributed by atoms with Crippen molar-refractivity contribution in [3.05, 3.63) is 54.2 Å². The van der Waals surface area contributed by atoms with Crippen LogP contribution in [-0.2, 0) is 10.0 Å². The second kappa shape index (κ2) is 8.54. The molecule has 0 radical (unpaired) electrons. The van der Waals surface area contributed by atoms with Crippen LogP contribution in [0.15, 0.2) is 53.7 Å². The van der Waals surface area contributed by atoms with Gasteiger partial charge in [0.1, 0.15) is 11.9 Å². The zero-order chi connectivity index (χ0) is 22.9. The highest BCUT2D eigenvalue weighted by molar-refractivity contribution is 7.90. The van der Waals surface area contributed by atoms with Crippen LogP contribution in [0.5, 0.6) is 5.88 Å². The number of ether oxygens (including phenoxy) is 1. The Labute approximate surface area is 188 Å². The Morgan fingerprint density at radius 1 is 1.19 bits per heavy atom. The van der Waals surface area contributed by atoms with E-state index < -0.39 is 15.9 Å². The standard InChI is InChI=1S/C23H28N4O4S/c1-16-13-15-27(23(16,2)3)21-18(10-7-14-24-21)22(28)26-32(29,30)20-12-6-11-19(25-20)31-17-8-4-5-9-17/h4-7,10-12,14,16-17H,8-9,13,15H2,1-3H3,(H,26,28). The van der Waals surface area contributed by atoms with Gasteiger partial charge in [0.05, 0.1) is 5.56 Å². The van der Waals surface area contributed by atoms with Crippen LogP contribution < -0.4 is 14.4 Å². The summed E-state index contributed by atoms with van der Waals surface area (Å²) in [5.41, 5.74) is 0.00703. The smallest absolute Gasteiger partial charge is 0.281 e. The first-order valence-electron chi connectivity index (χ1n) is 10.8. The Morgan fingerprint density at radius 2 is 1.94 bits per heavy atom. The number of rotatable bonds is 6. The molecule has 4 rings (SSSR count). The summed E-state index contributed by atoms with van der Waals surface area (Å²) < 4.78 is 33.7. The van der Waals surface area contributed by atoms with Gasteiger partial charge in [-0.3, -0.25) is 4.79 Å². The summed E-state index contributed by atoms with van der Waals surface area (Å²) in [5, 5.41) is -0.269. The van der Waals surface area contributed by atoms with Gasteiger partial charge in [-0.1, -0.05) is 25.1 Å². The van der Waals surface area contributed by atoms with Crippen LogP contribution in [0.4, 0.5) is 5.82 Å². The maximum Gasteiger partial charge on any atom is 0.281 e. The predicted molar refractivity (Wildman–Crippen MR) is 121 cm³/mol. The second-order valence-corrected chi connectivity index (χ2v) is 10.4. The number of carbonyl (C=O) groups is 1. The van der Waals surface area contributed by atoms with E-state index in [1.165, 1.54) is 6.07 Å². The summed E-state index contributed by atoms with van der Waals surface area (Å²) in [6.45, 7) is 7.12. The van der Waals surface area contributed by atoms with E-state index in [1.807, 2.05) is 12.2 Å². The van der Waals surface area contributed by atoms with Gasteiger partial charge >= 0.3 is 0 Å². The zero-order valence-electron chi connectivity index (χ0n) is 18.5. The quantitative estimate of drug-likeness (QED) is 0.665. The van der Waals surface area contributed by atoms with Crippen molar-refractivity contribution < 1.29 is 17.9 Å². The zero-order valence-corrected chi connectivity index (χ0v) is 19.3. The summed E-state index contributed by atoms with van der Waals surface area (Å²) in [4.78, 5) is 23.6. The van der Waals surface area contributed by atoms with Gasteiger partial charge in [-0.2, -0.15) is 13.4 Å². The molecule has 1 aliphatic carbocycles. The Balaban J connectivity index is 1.56. The first-order chi connectivity index (χ1) is 15.2. The summed E-state index contributed by atoms with van der Waals surface area (Å²) in [7, 11) is -4.20. The molecule has 3 heterocycles. The summed E-state index contributed by atoms with van der Waals surface area (Å²) in [6.07, 6.45) is 8.06. The highest BCUT2D eigenvalue weighted by Crippen LogP contribution is 2.38. The van der Waals surface area contributed by atoms with E-state index in [9.17, 15) is 13.2 Å². The molecule has 0 bridgehead atoms. The normalized spacial score (nSPS) is 20.5. The molecular formula is C23H28N4O4S. The number of sulfonamides is 1. The molecular weight excluding hydrogens is 428 g/mol. The van der Waals surface area contributed by atoms with E-state index >= 15 is 0 Å². The second-order valence-electron chi connectivity index (χ2n) is 8.80. The predicted octanol–water partition coefficient (Wildman–Crippen LogP) is 3.32. The number of hydrogen-bond donors (Lipinski definition) is 1. The molecule has 1 saturated heterocycles. The number of carbonyl (C=O) groups excluding carboxylic acids is 1. The fourth-order valence-corrected chi connectivity index (χ4v) is 5.02. The van der Waals surface area contributed by atoms with Crippen molar-refractivity contribution in [1.29, 1.82) is 0 Å². The van der Waals surface area contributed by atoms with Crippen molar-refractivity contribution in [1.82, 2.24) is 14.7 Å². The molecule has 2 aromatic heterocycles. The number of hydrogen-bond acceptors (Lipinski definition) is 7. The van der Waals surface area contributed by atoms with Gasteiger partial charge < -0.3 is 9.64 Å².